The molecule has 11 heteroatoms. The molecule has 35 heavy (non-hydrogen) atoms. The van der Waals surface area contributed by atoms with Gasteiger partial charge in [0.1, 0.15) is 0 Å². The molecule has 4 rings (SSSR count). The number of alkyl halides is 3. The largest absolute Gasteiger partial charge is 0.550 e. The van der Waals surface area contributed by atoms with Gasteiger partial charge in [-0.1, -0.05) is 29.8 Å². The molecule has 2 atom stereocenters. The highest BCUT2D eigenvalue weighted by Gasteiger charge is 2.32. The number of hydrogen-bond donors (Lipinski definition) is 1. The van der Waals surface area contributed by atoms with Crippen LogP contribution in [0.5, 0.6) is 0 Å². The first-order valence-corrected chi connectivity index (χ1v) is 11.1. The maximum Gasteiger partial charge on any atom is 0.416 e. The lowest BCUT2D eigenvalue weighted by Crippen LogP contribution is -2.41. The standard InChI is InChI=1S/C24H21ClF3N3O4/c25-19-5-4-15-16(6-8-29-12-18(15)17(23(34)35)11-21(32)33)22(19)31-20(7-9-30-31)13-2-1-3-14(10-13)24(26,27)28/h1-5,7,9-10,17-18,29H,6,8,11-12H2,(H,32,33)(H,34,35)/p-2. The molecular formula is C24H19ClF3N3O4-2. The van der Waals surface area contributed by atoms with Crippen LogP contribution < -0.4 is 15.5 Å². The smallest absolute Gasteiger partial charge is 0.416 e. The molecule has 7 nitrogen and oxygen atoms in total. The number of nitrogens with zero attached hydrogens (tertiary/aromatic N) is 2. The molecule has 0 bridgehead atoms. The van der Waals surface area contributed by atoms with Gasteiger partial charge in [0.25, 0.3) is 0 Å². The van der Waals surface area contributed by atoms with E-state index in [1.807, 2.05) is 0 Å². The third kappa shape index (κ3) is 5.03. The van der Waals surface area contributed by atoms with Crippen LogP contribution in [0.2, 0.25) is 5.02 Å². The van der Waals surface area contributed by atoms with E-state index in [-0.39, 0.29) is 17.1 Å². The molecule has 0 spiro atoms. The number of benzene rings is 2. The van der Waals surface area contributed by atoms with Gasteiger partial charge in [0.2, 0.25) is 0 Å². The Morgan fingerprint density at radius 2 is 1.97 bits per heavy atom. The third-order valence-electron chi connectivity index (χ3n) is 6.10. The molecule has 0 amide bonds. The Hall–Kier alpha value is -3.37. The topological polar surface area (TPSA) is 110 Å². The Morgan fingerprint density at radius 3 is 2.66 bits per heavy atom. The van der Waals surface area contributed by atoms with E-state index in [0.717, 1.165) is 12.1 Å². The number of aliphatic carboxylic acids is 2. The predicted molar refractivity (Wildman–Crippen MR) is 116 cm³/mol. The second-order valence-corrected chi connectivity index (χ2v) is 8.64. The maximum atomic E-state index is 13.3. The highest BCUT2D eigenvalue weighted by Crippen LogP contribution is 2.39. The van der Waals surface area contributed by atoms with Gasteiger partial charge in [-0.05, 0) is 54.8 Å². The zero-order chi connectivity index (χ0) is 25.3. The number of carbonyl (C=O) groups excluding carboxylic acids is 2. The number of carboxylic acids is 2. The summed E-state index contributed by atoms with van der Waals surface area (Å²) in [4.78, 5) is 23.0. The van der Waals surface area contributed by atoms with Gasteiger partial charge >= 0.3 is 6.18 Å². The van der Waals surface area contributed by atoms with E-state index in [0.29, 0.717) is 35.5 Å². The van der Waals surface area contributed by atoms with Crippen LogP contribution >= 0.6 is 11.6 Å². The van der Waals surface area contributed by atoms with Crippen molar-refractivity contribution in [2.24, 2.45) is 5.92 Å². The number of fused-ring (bicyclic) bond motifs is 1. The van der Waals surface area contributed by atoms with Crippen molar-refractivity contribution in [2.75, 3.05) is 13.1 Å². The number of aromatic nitrogens is 2. The Balaban J connectivity index is 1.87. The Labute approximate surface area is 203 Å². The molecule has 0 fully saturated rings. The Bertz CT molecular complexity index is 1280. The fourth-order valence-corrected chi connectivity index (χ4v) is 4.78. The summed E-state index contributed by atoms with van der Waals surface area (Å²) in [5.74, 6) is -5.16. The van der Waals surface area contributed by atoms with Crippen molar-refractivity contribution in [3.8, 4) is 16.9 Å². The molecule has 2 unspecified atom stereocenters. The van der Waals surface area contributed by atoms with Gasteiger partial charge in [-0.2, -0.15) is 18.3 Å². The van der Waals surface area contributed by atoms with Gasteiger partial charge in [0.15, 0.2) is 0 Å². The van der Waals surface area contributed by atoms with Crippen LogP contribution in [-0.4, -0.2) is 34.8 Å². The van der Waals surface area contributed by atoms with E-state index in [9.17, 15) is 33.0 Å². The number of rotatable bonds is 6. The number of halogens is 4. The lowest BCUT2D eigenvalue weighted by molar-refractivity contribution is -0.321. The minimum Gasteiger partial charge on any atom is -0.550 e. The summed E-state index contributed by atoms with van der Waals surface area (Å²) in [6.07, 6.45) is -3.43. The first-order valence-electron chi connectivity index (χ1n) is 10.7. The van der Waals surface area contributed by atoms with Crippen LogP contribution in [0.3, 0.4) is 0 Å². The number of nitrogens with one attached hydrogen (secondary N) is 1. The van der Waals surface area contributed by atoms with E-state index in [2.05, 4.69) is 10.4 Å². The van der Waals surface area contributed by atoms with Crippen molar-refractivity contribution in [2.45, 2.75) is 24.9 Å². The molecule has 0 aliphatic carbocycles. The third-order valence-corrected chi connectivity index (χ3v) is 6.41. The molecule has 1 aliphatic heterocycles. The first kappa shape index (κ1) is 24.7. The average Bonchev–Trinajstić information content (AvgIpc) is 3.17. The second kappa shape index (κ2) is 9.71. The highest BCUT2D eigenvalue weighted by molar-refractivity contribution is 6.32. The summed E-state index contributed by atoms with van der Waals surface area (Å²) in [6, 6.07) is 9.53. The van der Waals surface area contributed by atoms with E-state index >= 15 is 0 Å². The van der Waals surface area contributed by atoms with Crippen molar-refractivity contribution in [1.82, 2.24) is 15.1 Å². The minimum absolute atomic E-state index is 0.180. The summed E-state index contributed by atoms with van der Waals surface area (Å²) >= 11 is 6.55. The zero-order valence-corrected chi connectivity index (χ0v) is 18.9. The molecule has 3 aromatic rings. The zero-order valence-electron chi connectivity index (χ0n) is 18.1. The fraction of sp³-hybridized carbons (Fsp3) is 0.292. The molecule has 2 heterocycles. The summed E-state index contributed by atoms with van der Waals surface area (Å²) in [7, 11) is 0. The van der Waals surface area contributed by atoms with Gasteiger partial charge in [-0.3, -0.25) is 0 Å². The van der Waals surface area contributed by atoms with Crippen molar-refractivity contribution in [3.05, 3.63) is 70.4 Å². The number of carbonyl (C=O) groups is 2. The lowest BCUT2D eigenvalue weighted by Gasteiger charge is -2.30. The van der Waals surface area contributed by atoms with Crippen molar-refractivity contribution in [3.63, 3.8) is 0 Å². The van der Waals surface area contributed by atoms with Gasteiger partial charge in [-0.25, -0.2) is 4.68 Å². The van der Waals surface area contributed by atoms with E-state index in [1.54, 1.807) is 12.1 Å². The number of carboxylic acid groups (broad SMARTS) is 2. The van der Waals surface area contributed by atoms with Gasteiger partial charge in [0.05, 0.1) is 28.2 Å². The summed E-state index contributed by atoms with van der Waals surface area (Å²) < 4.78 is 41.3. The summed E-state index contributed by atoms with van der Waals surface area (Å²) in [6.45, 7) is 0.613. The van der Waals surface area contributed by atoms with E-state index < -0.39 is 41.9 Å². The predicted octanol–water partition coefficient (Wildman–Crippen LogP) is 1.95. The fourth-order valence-electron chi connectivity index (χ4n) is 4.53. The second-order valence-electron chi connectivity index (χ2n) is 8.23. The van der Waals surface area contributed by atoms with Crippen molar-refractivity contribution in [1.29, 1.82) is 0 Å². The average molecular weight is 506 g/mol. The van der Waals surface area contributed by atoms with Crippen LogP contribution in [0, 0.1) is 5.92 Å². The number of hydrogen-bond acceptors (Lipinski definition) is 6. The van der Waals surface area contributed by atoms with E-state index in [4.69, 9.17) is 11.6 Å². The lowest BCUT2D eigenvalue weighted by atomic mass is 9.81. The molecule has 2 aromatic carbocycles. The molecule has 1 aliphatic rings. The molecule has 1 N–H and O–H groups in total. The molecule has 1 aromatic heterocycles. The summed E-state index contributed by atoms with van der Waals surface area (Å²) in [5, 5.41) is 30.7. The van der Waals surface area contributed by atoms with Crippen LogP contribution in [0.1, 0.15) is 29.0 Å². The first-order chi connectivity index (χ1) is 16.6. The highest BCUT2D eigenvalue weighted by atomic mass is 35.5. The van der Waals surface area contributed by atoms with Crippen molar-refractivity contribution >= 4 is 23.5 Å². The van der Waals surface area contributed by atoms with Crippen molar-refractivity contribution < 1.29 is 33.0 Å². The normalized spacial score (nSPS) is 16.9. The van der Waals surface area contributed by atoms with Crippen LogP contribution in [0.15, 0.2) is 48.7 Å². The molecule has 0 saturated heterocycles. The van der Waals surface area contributed by atoms with Crippen LogP contribution in [0.4, 0.5) is 13.2 Å². The van der Waals surface area contributed by atoms with Crippen LogP contribution in [0.25, 0.3) is 16.9 Å². The minimum atomic E-state index is -4.53. The van der Waals surface area contributed by atoms with Gasteiger partial charge < -0.3 is 25.1 Å². The Kier molecular flexibility index (Phi) is 6.86. The molecule has 184 valence electrons. The molecular weight excluding hydrogens is 487 g/mol. The summed E-state index contributed by atoms with van der Waals surface area (Å²) in [5.41, 5.74) is 1.36. The SMILES string of the molecule is O=C([O-])CC(C(=O)[O-])C1CNCCc2c1ccc(Cl)c2-n1nccc1-c1cccc(C(F)(F)F)c1. The van der Waals surface area contributed by atoms with Gasteiger partial charge in [-0.15, -0.1) is 0 Å². The molecule has 0 radical (unpaired) electrons. The maximum absolute atomic E-state index is 13.3. The Morgan fingerprint density at radius 1 is 1.20 bits per heavy atom. The van der Waals surface area contributed by atoms with E-state index in [1.165, 1.54) is 29.1 Å². The van der Waals surface area contributed by atoms with Gasteiger partial charge in [0, 0.05) is 35.9 Å². The quantitative estimate of drug-likeness (QED) is 0.548. The molecule has 0 saturated carbocycles. The van der Waals surface area contributed by atoms with Crippen LogP contribution in [-0.2, 0) is 22.2 Å². The monoisotopic (exact) mass is 505 g/mol.